The minimum absolute atomic E-state index is 0.111. The van der Waals surface area contributed by atoms with Gasteiger partial charge < -0.3 is 19.9 Å². The highest BCUT2D eigenvalue weighted by molar-refractivity contribution is 8.00. The van der Waals surface area contributed by atoms with E-state index in [1.165, 1.54) is 0 Å². The first-order valence-corrected chi connectivity index (χ1v) is 15.4. The van der Waals surface area contributed by atoms with Crippen LogP contribution in [0.25, 0.3) is 0 Å². The Balaban J connectivity index is 1.94. The highest BCUT2D eigenvalue weighted by Crippen LogP contribution is 2.49. The van der Waals surface area contributed by atoms with Gasteiger partial charge in [0.2, 0.25) is 5.91 Å². The summed E-state index contributed by atoms with van der Waals surface area (Å²) in [7, 11) is 3.36. The van der Waals surface area contributed by atoms with E-state index in [4.69, 9.17) is 9.47 Å². The summed E-state index contributed by atoms with van der Waals surface area (Å²) >= 11 is 1.88. The lowest BCUT2D eigenvalue weighted by Gasteiger charge is -2.36. The van der Waals surface area contributed by atoms with Gasteiger partial charge in [0.1, 0.15) is 11.5 Å². The number of thioether (sulfide) groups is 1. The zero-order chi connectivity index (χ0) is 28.8. The molecule has 1 amide bonds. The molecule has 3 aromatic rings. The van der Waals surface area contributed by atoms with E-state index in [1.54, 1.807) is 14.2 Å². The number of benzene rings is 3. The second-order valence-electron chi connectivity index (χ2n) is 10.2. The Bertz CT molecular complexity index is 1100. The van der Waals surface area contributed by atoms with Crippen LogP contribution < -0.4 is 14.8 Å². The van der Waals surface area contributed by atoms with E-state index in [9.17, 15) is 9.90 Å². The molecule has 216 valence electrons. The summed E-state index contributed by atoms with van der Waals surface area (Å²) < 4.78 is 10.4. The number of methoxy groups -OCH3 is 2. The molecule has 0 fully saturated rings. The van der Waals surface area contributed by atoms with Gasteiger partial charge in [0.05, 0.1) is 25.1 Å². The maximum atomic E-state index is 12.3. The van der Waals surface area contributed by atoms with Crippen molar-refractivity contribution < 1.29 is 19.4 Å². The molecule has 5 nitrogen and oxygen atoms in total. The summed E-state index contributed by atoms with van der Waals surface area (Å²) in [6.07, 6.45) is 5.86. The van der Waals surface area contributed by atoms with Crippen molar-refractivity contribution in [3.63, 3.8) is 0 Å². The molecular formula is C34H45NO4S. The number of unbranched alkanes of at least 4 members (excludes halogenated alkanes) is 2. The van der Waals surface area contributed by atoms with Crippen molar-refractivity contribution in [3.8, 4) is 11.5 Å². The van der Waals surface area contributed by atoms with Crippen molar-refractivity contribution in [2.75, 3.05) is 26.5 Å². The first-order valence-electron chi connectivity index (χ1n) is 14.4. The Labute approximate surface area is 244 Å². The van der Waals surface area contributed by atoms with Crippen molar-refractivity contribution in [2.24, 2.45) is 0 Å². The minimum atomic E-state index is -0.480. The molecule has 0 saturated heterocycles. The van der Waals surface area contributed by atoms with E-state index in [0.29, 0.717) is 12.8 Å². The zero-order valence-electron chi connectivity index (χ0n) is 24.4. The van der Waals surface area contributed by atoms with Crippen LogP contribution in [0.1, 0.15) is 74.6 Å². The molecule has 2 N–H and O–H groups in total. The fourth-order valence-corrected chi connectivity index (χ4v) is 6.39. The van der Waals surface area contributed by atoms with E-state index in [0.717, 1.165) is 78.2 Å². The van der Waals surface area contributed by atoms with Crippen LogP contribution in [0, 0.1) is 0 Å². The second kappa shape index (κ2) is 16.3. The highest BCUT2D eigenvalue weighted by atomic mass is 32.2. The molecule has 0 spiro atoms. The van der Waals surface area contributed by atoms with Gasteiger partial charge in [0.25, 0.3) is 0 Å². The number of aliphatic hydroxyl groups is 1. The monoisotopic (exact) mass is 563 g/mol. The van der Waals surface area contributed by atoms with Gasteiger partial charge in [0.15, 0.2) is 0 Å². The summed E-state index contributed by atoms with van der Waals surface area (Å²) in [5.41, 5.74) is 4.61. The fraction of sp³-hybridized carbons (Fsp3) is 0.441. The number of nitrogens with one attached hydrogen (secondary N) is 1. The van der Waals surface area contributed by atoms with Gasteiger partial charge in [0, 0.05) is 13.0 Å². The molecule has 6 heteroatoms. The molecule has 3 aromatic carbocycles. The van der Waals surface area contributed by atoms with Crippen LogP contribution in [-0.2, 0) is 16.0 Å². The number of carbonyl (C=O) groups is 1. The van der Waals surface area contributed by atoms with Crippen molar-refractivity contribution in [1.82, 2.24) is 5.32 Å². The first-order chi connectivity index (χ1) is 19.4. The lowest BCUT2D eigenvalue weighted by molar-refractivity contribution is -0.121. The van der Waals surface area contributed by atoms with Crippen LogP contribution >= 0.6 is 11.8 Å². The second-order valence-corrected chi connectivity index (χ2v) is 11.5. The molecule has 0 aromatic heterocycles. The largest absolute Gasteiger partial charge is 0.497 e. The number of hydrogen-bond acceptors (Lipinski definition) is 5. The lowest BCUT2D eigenvalue weighted by Crippen LogP contribution is -2.26. The van der Waals surface area contributed by atoms with Gasteiger partial charge in [-0.15, -0.1) is 11.8 Å². The average Bonchev–Trinajstić information content (AvgIpc) is 2.99. The third kappa shape index (κ3) is 8.77. The van der Waals surface area contributed by atoms with E-state index in [2.05, 4.69) is 60.8 Å². The zero-order valence-corrected chi connectivity index (χ0v) is 25.3. The van der Waals surface area contributed by atoms with Crippen LogP contribution in [0.5, 0.6) is 11.5 Å². The van der Waals surface area contributed by atoms with Gasteiger partial charge in [-0.05, 0) is 84.9 Å². The SMILES string of the molecule is CCCCCNC(=O)CCc1ccc(C(SCCCC(C)O)(c2ccc(OC)cc2)c2ccc(OC)cc2)cc1. The minimum Gasteiger partial charge on any atom is -0.497 e. The summed E-state index contributed by atoms with van der Waals surface area (Å²) in [5.74, 6) is 2.62. The van der Waals surface area contributed by atoms with E-state index < -0.39 is 4.75 Å². The van der Waals surface area contributed by atoms with Gasteiger partial charge in [-0.2, -0.15) is 0 Å². The quantitative estimate of drug-likeness (QED) is 0.135. The Morgan fingerprint density at radius 1 is 0.850 bits per heavy atom. The predicted octanol–water partition coefficient (Wildman–Crippen LogP) is 7.13. The number of amides is 1. The van der Waals surface area contributed by atoms with Crippen LogP contribution in [0.4, 0.5) is 0 Å². The Kier molecular flexibility index (Phi) is 12.9. The molecule has 40 heavy (non-hydrogen) atoms. The molecule has 0 aliphatic heterocycles. The van der Waals surface area contributed by atoms with Gasteiger partial charge in [-0.25, -0.2) is 0 Å². The van der Waals surface area contributed by atoms with E-state index in [1.807, 2.05) is 43.0 Å². The van der Waals surface area contributed by atoms with Crippen LogP contribution in [0.15, 0.2) is 72.8 Å². The van der Waals surface area contributed by atoms with Crippen LogP contribution in [0.2, 0.25) is 0 Å². The number of aliphatic hydroxyl groups excluding tert-OH is 1. The maximum Gasteiger partial charge on any atom is 0.220 e. The average molecular weight is 564 g/mol. The summed E-state index contributed by atoms with van der Waals surface area (Å²) in [6, 6.07) is 25.3. The highest BCUT2D eigenvalue weighted by Gasteiger charge is 2.37. The molecule has 0 bridgehead atoms. The van der Waals surface area contributed by atoms with Gasteiger partial charge >= 0.3 is 0 Å². The molecule has 1 atom stereocenters. The Hall–Kier alpha value is -2.96. The number of hydrogen-bond donors (Lipinski definition) is 2. The molecule has 0 radical (unpaired) electrons. The van der Waals surface area contributed by atoms with Crippen molar-refractivity contribution >= 4 is 17.7 Å². The summed E-state index contributed by atoms with van der Waals surface area (Å²) in [5, 5.41) is 12.9. The Morgan fingerprint density at radius 2 is 1.38 bits per heavy atom. The molecular weight excluding hydrogens is 518 g/mol. The molecule has 0 heterocycles. The smallest absolute Gasteiger partial charge is 0.220 e. The molecule has 0 saturated carbocycles. The third-order valence-corrected chi connectivity index (χ3v) is 8.81. The van der Waals surface area contributed by atoms with Crippen LogP contribution in [-0.4, -0.2) is 43.6 Å². The van der Waals surface area contributed by atoms with Gasteiger partial charge in [-0.1, -0.05) is 68.3 Å². The van der Waals surface area contributed by atoms with E-state index >= 15 is 0 Å². The van der Waals surface area contributed by atoms with Crippen molar-refractivity contribution in [1.29, 1.82) is 0 Å². The number of rotatable bonds is 17. The number of aryl methyl sites for hydroxylation is 1. The van der Waals surface area contributed by atoms with Crippen molar-refractivity contribution in [2.45, 2.75) is 69.6 Å². The molecule has 0 aliphatic carbocycles. The molecule has 1 unspecified atom stereocenters. The third-order valence-electron chi connectivity index (χ3n) is 7.18. The van der Waals surface area contributed by atoms with Gasteiger partial charge in [-0.3, -0.25) is 4.79 Å². The topological polar surface area (TPSA) is 67.8 Å². The van der Waals surface area contributed by atoms with Crippen LogP contribution in [0.3, 0.4) is 0 Å². The summed E-state index contributed by atoms with van der Waals surface area (Å²) in [4.78, 5) is 12.3. The van der Waals surface area contributed by atoms with E-state index in [-0.39, 0.29) is 12.0 Å². The summed E-state index contributed by atoms with van der Waals surface area (Å²) in [6.45, 7) is 4.76. The Morgan fingerprint density at radius 3 is 1.85 bits per heavy atom. The molecule has 3 rings (SSSR count). The fourth-order valence-electron chi connectivity index (χ4n) is 4.86. The number of ether oxygens (including phenoxy) is 2. The normalized spacial score (nSPS) is 12.1. The molecule has 0 aliphatic rings. The number of carbonyl (C=O) groups excluding carboxylic acids is 1. The maximum absolute atomic E-state index is 12.3. The predicted molar refractivity (Wildman–Crippen MR) is 167 cm³/mol. The van der Waals surface area contributed by atoms with Crippen molar-refractivity contribution in [3.05, 3.63) is 95.1 Å². The lowest BCUT2D eigenvalue weighted by atomic mass is 9.83. The first kappa shape index (κ1) is 31.6. The standard InChI is InChI=1S/C34H45NO4S/c1-5-6-7-24-35-33(37)23-12-27-10-13-28(14-11-27)34(40-25-8-9-26(2)36,29-15-19-31(38-3)20-16-29)30-17-21-32(39-4)22-18-30/h10-11,13-22,26,36H,5-9,12,23-25H2,1-4H3,(H,35,37).